The van der Waals surface area contributed by atoms with E-state index in [0.29, 0.717) is 0 Å². The fourth-order valence-corrected chi connectivity index (χ4v) is 2.67. The summed E-state index contributed by atoms with van der Waals surface area (Å²) >= 11 is 1.68. The van der Waals surface area contributed by atoms with Crippen LogP contribution >= 0.6 is 11.3 Å². The Morgan fingerprint density at radius 2 is 1.44 bits per heavy atom. The summed E-state index contributed by atoms with van der Waals surface area (Å²) in [5, 5.41) is 7.77. The van der Waals surface area contributed by atoms with Gasteiger partial charge in [0.25, 0.3) is 0 Å². The van der Waals surface area contributed by atoms with Crippen molar-refractivity contribution in [2.45, 2.75) is 0 Å². The third-order valence-corrected chi connectivity index (χ3v) is 3.99. The summed E-state index contributed by atoms with van der Waals surface area (Å²) in [5.41, 5.74) is 10.3. The molecule has 0 radical (unpaired) electrons. The number of benzene rings is 3. The van der Waals surface area contributed by atoms with Crippen molar-refractivity contribution in [3.05, 3.63) is 90.4 Å². The lowest BCUT2D eigenvalue weighted by atomic mass is 10.3. The summed E-state index contributed by atoms with van der Waals surface area (Å²) in [6, 6.07) is 27.4. The van der Waals surface area contributed by atoms with Crippen molar-refractivity contribution >= 4 is 32.9 Å². The van der Waals surface area contributed by atoms with Gasteiger partial charge >= 0.3 is 0 Å². The summed E-state index contributed by atoms with van der Waals surface area (Å²) < 4.78 is 1.26. The molecule has 4 rings (SSSR count). The van der Waals surface area contributed by atoms with Gasteiger partial charge in [0.05, 0.1) is 27.1 Å². The van der Waals surface area contributed by atoms with Crippen LogP contribution in [0.1, 0.15) is 0 Å². The Hall–Kier alpha value is -3.25. The highest BCUT2D eigenvalue weighted by Crippen LogP contribution is 2.15. The molecule has 1 heterocycles. The second kappa shape index (κ2) is 9.14. The number of hydrogen-bond donors (Lipinski definition) is 2. The Balaban J connectivity index is 0.000000170. The Labute approximate surface area is 150 Å². The molecule has 2 N–H and O–H groups in total. The van der Waals surface area contributed by atoms with Crippen molar-refractivity contribution in [2.24, 2.45) is 10.3 Å². The lowest BCUT2D eigenvalue weighted by Crippen LogP contribution is -2.13. The molecule has 0 aliphatic carbocycles. The molecule has 124 valence electrons. The van der Waals surface area contributed by atoms with E-state index < -0.39 is 0 Å². The van der Waals surface area contributed by atoms with Crippen LogP contribution in [0.25, 0.3) is 10.2 Å². The number of fused-ring (bicyclic) bond motifs is 1. The monoisotopic (exact) mass is 347 g/mol. The average Bonchev–Trinajstić information content (AvgIpc) is 3.16. The minimum atomic E-state index is 0.810. The van der Waals surface area contributed by atoms with Crippen LogP contribution in [-0.4, -0.2) is 4.98 Å². The van der Waals surface area contributed by atoms with Crippen LogP contribution in [0, 0.1) is 0 Å². The number of nitrogens with zero attached hydrogens (tertiary/aromatic N) is 3. The number of rotatable bonds is 4. The molecule has 3 aromatic carbocycles. The lowest BCUT2D eigenvalue weighted by Gasteiger charge is -2.02. The highest BCUT2D eigenvalue weighted by Gasteiger charge is 1.89. The van der Waals surface area contributed by atoms with E-state index in [2.05, 4.69) is 32.3 Å². The van der Waals surface area contributed by atoms with Gasteiger partial charge in [0.15, 0.2) is 0 Å². The molecule has 0 saturated carbocycles. The van der Waals surface area contributed by atoms with Crippen LogP contribution in [0.4, 0.5) is 11.4 Å². The molecule has 0 saturated heterocycles. The fraction of sp³-hybridized carbons (Fsp3) is 0. The van der Waals surface area contributed by atoms with Crippen LogP contribution in [0.3, 0.4) is 0 Å². The van der Waals surface area contributed by atoms with E-state index in [9.17, 15) is 0 Å². The van der Waals surface area contributed by atoms with Gasteiger partial charge in [-0.15, -0.1) is 16.5 Å². The van der Waals surface area contributed by atoms with Gasteiger partial charge in [-0.25, -0.2) is 10.5 Å². The smallest absolute Gasteiger partial charge is 0.0874 e. The Kier molecular flexibility index (Phi) is 6.07. The predicted octanol–water partition coefficient (Wildman–Crippen LogP) is 5.60. The van der Waals surface area contributed by atoms with Crippen molar-refractivity contribution in [1.29, 1.82) is 0 Å². The maximum absolute atomic E-state index is 4.14. The molecule has 0 spiro atoms. The van der Waals surface area contributed by atoms with Gasteiger partial charge in [0, 0.05) is 0 Å². The van der Waals surface area contributed by atoms with Gasteiger partial charge in [-0.3, -0.25) is 5.43 Å². The first-order valence-corrected chi connectivity index (χ1v) is 8.60. The van der Waals surface area contributed by atoms with E-state index >= 15 is 0 Å². The van der Waals surface area contributed by atoms with E-state index in [0.717, 1.165) is 16.9 Å². The maximum atomic E-state index is 4.14. The molecule has 0 atom stereocenters. The van der Waals surface area contributed by atoms with E-state index in [1.807, 2.05) is 84.4 Å². The zero-order valence-electron chi connectivity index (χ0n) is 13.4. The fourth-order valence-electron chi connectivity index (χ4n) is 1.99. The molecule has 0 aliphatic rings. The third-order valence-electron chi connectivity index (χ3n) is 3.18. The highest BCUT2D eigenvalue weighted by atomic mass is 32.1. The van der Waals surface area contributed by atoms with Crippen LogP contribution in [0.15, 0.2) is 101 Å². The molecule has 5 nitrogen and oxygen atoms in total. The van der Waals surface area contributed by atoms with Gasteiger partial charge < -0.3 is 0 Å². The molecular formula is C19H17N5S. The SMILES string of the molecule is c1ccc(N=NNNc2ccccc2)cc1.c1ccc2scnc2c1. The van der Waals surface area contributed by atoms with E-state index in [1.165, 1.54) is 4.70 Å². The van der Waals surface area contributed by atoms with Crippen LogP contribution in [0.5, 0.6) is 0 Å². The molecule has 0 bridgehead atoms. The predicted molar refractivity (Wildman–Crippen MR) is 104 cm³/mol. The summed E-state index contributed by atoms with van der Waals surface area (Å²) in [7, 11) is 0. The maximum Gasteiger partial charge on any atom is 0.0874 e. The summed E-state index contributed by atoms with van der Waals surface area (Å²) in [6.45, 7) is 0. The van der Waals surface area contributed by atoms with E-state index in [-0.39, 0.29) is 0 Å². The standard InChI is InChI=1S/C12H12N4.C7H5NS/c1-3-7-11(8-4-1)13-15-16-14-12-9-5-2-6-10-12;1-2-4-7-6(3-1)8-5-9-7/h1-10H,(H,13,16)(H,14,15);1-5H. The number of hydrazine groups is 1. The zero-order chi connectivity index (χ0) is 17.2. The summed E-state index contributed by atoms with van der Waals surface area (Å²) in [5.74, 6) is 0. The zero-order valence-corrected chi connectivity index (χ0v) is 14.2. The summed E-state index contributed by atoms with van der Waals surface area (Å²) in [6.07, 6.45) is 0. The minimum absolute atomic E-state index is 0.810. The van der Waals surface area contributed by atoms with E-state index in [1.54, 1.807) is 11.3 Å². The Bertz CT molecular complexity index is 876. The topological polar surface area (TPSA) is 61.7 Å². The molecule has 0 amide bonds. The van der Waals surface area contributed by atoms with Gasteiger partial charge in [-0.2, -0.15) is 0 Å². The Morgan fingerprint density at radius 1 is 0.760 bits per heavy atom. The van der Waals surface area contributed by atoms with Gasteiger partial charge in [-0.1, -0.05) is 53.8 Å². The molecule has 0 unspecified atom stereocenters. The molecular weight excluding hydrogens is 330 g/mol. The number of para-hydroxylation sites is 2. The first-order chi connectivity index (χ1) is 12.4. The second-order valence-corrected chi connectivity index (χ2v) is 5.84. The van der Waals surface area contributed by atoms with Gasteiger partial charge in [-0.05, 0) is 36.4 Å². The Morgan fingerprint density at radius 3 is 2.20 bits per heavy atom. The average molecular weight is 347 g/mol. The van der Waals surface area contributed by atoms with Crippen LogP contribution in [-0.2, 0) is 0 Å². The lowest BCUT2D eigenvalue weighted by molar-refractivity contribution is 0.806. The van der Waals surface area contributed by atoms with Gasteiger partial charge in [0.2, 0.25) is 0 Å². The molecule has 0 aliphatic heterocycles. The van der Waals surface area contributed by atoms with E-state index in [4.69, 9.17) is 0 Å². The van der Waals surface area contributed by atoms with Crippen molar-refractivity contribution in [2.75, 3.05) is 5.43 Å². The molecule has 4 aromatic rings. The molecule has 1 aromatic heterocycles. The largest absolute Gasteiger partial charge is 0.284 e. The number of anilines is 1. The highest BCUT2D eigenvalue weighted by molar-refractivity contribution is 7.16. The number of hydrogen-bond acceptors (Lipinski definition) is 5. The summed E-state index contributed by atoms with van der Waals surface area (Å²) in [4.78, 5) is 4.14. The number of thiazole rings is 1. The normalized spacial score (nSPS) is 10.2. The molecule has 6 heteroatoms. The van der Waals surface area contributed by atoms with Crippen molar-refractivity contribution in [1.82, 2.24) is 10.5 Å². The third kappa shape index (κ3) is 5.40. The molecule has 0 fully saturated rings. The first-order valence-electron chi connectivity index (χ1n) is 7.72. The second-order valence-electron chi connectivity index (χ2n) is 4.96. The van der Waals surface area contributed by atoms with Crippen molar-refractivity contribution < 1.29 is 0 Å². The molecule has 25 heavy (non-hydrogen) atoms. The van der Waals surface area contributed by atoms with Gasteiger partial charge in [0.1, 0.15) is 0 Å². The van der Waals surface area contributed by atoms with Crippen LogP contribution < -0.4 is 11.0 Å². The first kappa shape index (κ1) is 16.6. The van der Waals surface area contributed by atoms with Crippen molar-refractivity contribution in [3.63, 3.8) is 0 Å². The number of nitrogens with one attached hydrogen (secondary N) is 2. The quantitative estimate of drug-likeness (QED) is 0.373. The van der Waals surface area contributed by atoms with Crippen molar-refractivity contribution in [3.8, 4) is 0 Å². The van der Waals surface area contributed by atoms with Crippen LogP contribution in [0.2, 0.25) is 0 Å². The number of aromatic nitrogens is 1. The minimum Gasteiger partial charge on any atom is -0.284 e.